The van der Waals surface area contributed by atoms with Crippen LogP contribution in [0, 0.1) is 0 Å². The largest absolute Gasteiger partial charge is 0.480 e. The molecule has 0 heterocycles. The monoisotopic (exact) mass is 250 g/mol. The molecule has 6 nitrogen and oxygen atoms in total. The van der Waals surface area contributed by atoms with Gasteiger partial charge in [0.1, 0.15) is 6.04 Å². The lowest BCUT2D eigenvalue weighted by Crippen LogP contribution is -2.32. The molecule has 0 fully saturated rings. The Labute approximate surface area is 105 Å². The molecule has 5 N–H and O–H groups in total. The molecule has 1 rings (SSSR count). The molecule has 1 unspecified atom stereocenters. The first-order valence-electron chi connectivity index (χ1n) is 5.46. The SMILES string of the molecule is CB(O)C(=O)Nc1ccc(CC(N)C(=O)O)cc1. The summed E-state index contributed by atoms with van der Waals surface area (Å²) in [7, 11) is 0. The van der Waals surface area contributed by atoms with E-state index in [-0.39, 0.29) is 6.42 Å². The van der Waals surface area contributed by atoms with Crippen LogP contribution >= 0.6 is 0 Å². The van der Waals surface area contributed by atoms with E-state index >= 15 is 0 Å². The minimum atomic E-state index is -1.08. The maximum atomic E-state index is 11.2. The van der Waals surface area contributed by atoms with Gasteiger partial charge in [-0.2, -0.15) is 0 Å². The van der Waals surface area contributed by atoms with Gasteiger partial charge in [0.15, 0.2) is 0 Å². The number of rotatable bonds is 5. The molecule has 1 atom stereocenters. The lowest BCUT2D eigenvalue weighted by Gasteiger charge is -2.08. The molecule has 7 heteroatoms. The first-order valence-corrected chi connectivity index (χ1v) is 5.46. The second kappa shape index (κ2) is 6.18. The second-order valence-corrected chi connectivity index (χ2v) is 4.01. The molecule has 0 spiro atoms. The number of carboxylic acid groups (broad SMARTS) is 1. The van der Waals surface area contributed by atoms with Crippen LogP contribution < -0.4 is 11.1 Å². The molecule has 0 bridgehead atoms. The van der Waals surface area contributed by atoms with Gasteiger partial charge < -0.3 is 21.2 Å². The van der Waals surface area contributed by atoms with E-state index in [2.05, 4.69) is 5.32 Å². The minimum absolute atomic E-state index is 0.222. The van der Waals surface area contributed by atoms with Crippen molar-refractivity contribution in [3.05, 3.63) is 29.8 Å². The van der Waals surface area contributed by atoms with E-state index in [1.165, 1.54) is 6.82 Å². The Morgan fingerprint density at radius 3 is 2.39 bits per heavy atom. The highest BCUT2D eigenvalue weighted by Gasteiger charge is 2.15. The Balaban J connectivity index is 2.63. The van der Waals surface area contributed by atoms with Crippen molar-refractivity contribution in [3.8, 4) is 0 Å². The topological polar surface area (TPSA) is 113 Å². The lowest BCUT2D eigenvalue weighted by atomic mass is 9.71. The van der Waals surface area contributed by atoms with E-state index in [0.29, 0.717) is 5.69 Å². The summed E-state index contributed by atoms with van der Waals surface area (Å²) >= 11 is 0. The normalized spacial score (nSPS) is 11.7. The van der Waals surface area contributed by atoms with Crippen molar-refractivity contribution in [1.82, 2.24) is 0 Å². The quantitative estimate of drug-likeness (QED) is 0.564. The number of anilines is 1. The van der Waals surface area contributed by atoms with Crippen LogP contribution in [-0.2, 0) is 11.2 Å². The van der Waals surface area contributed by atoms with Crippen molar-refractivity contribution in [3.63, 3.8) is 0 Å². The molecule has 0 aliphatic carbocycles. The first kappa shape index (κ1) is 14.2. The number of nitrogens with one attached hydrogen (secondary N) is 1. The van der Waals surface area contributed by atoms with Gasteiger partial charge in [-0.25, -0.2) is 0 Å². The van der Waals surface area contributed by atoms with E-state index in [1.54, 1.807) is 24.3 Å². The number of nitrogens with two attached hydrogens (primary N) is 1. The fourth-order valence-corrected chi connectivity index (χ4v) is 1.31. The number of amides is 1. The molecule has 0 saturated heterocycles. The Morgan fingerprint density at radius 1 is 1.39 bits per heavy atom. The van der Waals surface area contributed by atoms with Crippen molar-refractivity contribution in [1.29, 1.82) is 0 Å². The molecule has 0 aliphatic rings. The standard InChI is InChI=1S/C11H15BN2O4/c1-12(18)11(17)14-8-4-2-7(3-5-8)6-9(13)10(15)16/h2-5,9,18H,6,13H2,1H3,(H,14,17)(H,15,16). The summed E-state index contributed by atoms with van der Waals surface area (Å²) < 4.78 is 0. The van der Waals surface area contributed by atoms with Crippen LogP contribution in [0.5, 0.6) is 0 Å². The summed E-state index contributed by atoms with van der Waals surface area (Å²) in [5.74, 6) is -1.55. The molecule has 0 saturated carbocycles. The number of benzene rings is 1. The van der Waals surface area contributed by atoms with Crippen molar-refractivity contribution in [2.75, 3.05) is 5.32 Å². The van der Waals surface area contributed by atoms with Gasteiger partial charge in [-0.1, -0.05) is 12.1 Å². The van der Waals surface area contributed by atoms with Gasteiger partial charge in [-0.3, -0.25) is 9.59 Å². The van der Waals surface area contributed by atoms with E-state index in [9.17, 15) is 9.59 Å². The van der Waals surface area contributed by atoms with Gasteiger partial charge in [0.2, 0.25) is 5.81 Å². The Morgan fingerprint density at radius 2 is 1.94 bits per heavy atom. The van der Waals surface area contributed by atoms with Crippen molar-refractivity contribution in [2.45, 2.75) is 19.3 Å². The zero-order valence-corrected chi connectivity index (χ0v) is 9.96. The zero-order chi connectivity index (χ0) is 13.7. The summed E-state index contributed by atoms with van der Waals surface area (Å²) in [5.41, 5.74) is 6.70. The van der Waals surface area contributed by atoms with Crippen LogP contribution in [-0.4, -0.2) is 34.9 Å². The van der Waals surface area contributed by atoms with E-state index in [1.807, 2.05) is 0 Å². The number of hydrogen-bond acceptors (Lipinski definition) is 4. The molecule has 0 aliphatic heterocycles. The van der Waals surface area contributed by atoms with Gasteiger partial charge in [0.25, 0.3) is 0 Å². The third-order valence-electron chi connectivity index (χ3n) is 2.37. The van der Waals surface area contributed by atoms with E-state index in [4.69, 9.17) is 15.9 Å². The maximum absolute atomic E-state index is 11.2. The minimum Gasteiger partial charge on any atom is -0.480 e. The van der Waals surface area contributed by atoms with Crippen molar-refractivity contribution >= 4 is 24.4 Å². The van der Waals surface area contributed by atoms with Gasteiger partial charge in [0, 0.05) is 5.69 Å². The predicted octanol–water partition coefficient (Wildman–Crippen LogP) is 0.368. The van der Waals surface area contributed by atoms with Crippen LogP contribution in [0.3, 0.4) is 0 Å². The summed E-state index contributed by atoms with van der Waals surface area (Å²) in [4.78, 5) is 21.8. The third-order valence-corrected chi connectivity index (χ3v) is 2.37. The van der Waals surface area contributed by atoms with Crippen LogP contribution in [0.2, 0.25) is 6.82 Å². The van der Waals surface area contributed by atoms with Gasteiger partial charge in [-0.15, -0.1) is 0 Å². The summed E-state index contributed by atoms with van der Waals surface area (Å²) in [6.07, 6.45) is 0.222. The summed E-state index contributed by atoms with van der Waals surface area (Å²) in [5, 5.41) is 20.2. The summed E-state index contributed by atoms with van der Waals surface area (Å²) in [6.45, 7) is 0.292. The number of carbonyl (C=O) groups is 2. The van der Waals surface area contributed by atoms with E-state index < -0.39 is 24.7 Å². The molecular formula is C11H15BN2O4. The Bertz CT molecular complexity index is 433. The molecule has 18 heavy (non-hydrogen) atoms. The van der Waals surface area contributed by atoms with Gasteiger partial charge in [-0.05, 0) is 30.9 Å². The Hall–Kier alpha value is -1.86. The predicted molar refractivity (Wildman–Crippen MR) is 68.6 cm³/mol. The fourth-order valence-electron chi connectivity index (χ4n) is 1.31. The molecule has 0 radical (unpaired) electrons. The molecule has 1 aromatic rings. The van der Waals surface area contributed by atoms with Crippen molar-refractivity contribution in [2.24, 2.45) is 5.73 Å². The van der Waals surface area contributed by atoms with Gasteiger partial charge in [0.05, 0.1) is 0 Å². The number of aliphatic carboxylic acids is 1. The average Bonchev–Trinajstić information content (AvgIpc) is 2.31. The first-order chi connectivity index (χ1) is 8.40. The maximum Gasteiger partial charge on any atom is 0.392 e. The molecule has 0 aromatic heterocycles. The lowest BCUT2D eigenvalue weighted by molar-refractivity contribution is -0.138. The van der Waals surface area contributed by atoms with Crippen molar-refractivity contribution < 1.29 is 19.7 Å². The highest BCUT2D eigenvalue weighted by atomic mass is 16.4. The number of hydrogen-bond donors (Lipinski definition) is 4. The van der Waals surface area contributed by atoms with Gasteiger partial charge >= 0.3 is 12.9 Å². The highest BCUT2D eigenvalue weighted by molar-refractivity contribution is 6.84. The molecule has 96 valence electrons. The van der Waals surface area contributed by atoms with Crippen LogP contribution in [0.15, 0.2) is 24.3 Å². The number of carbonyl (C=O) groups excluding carboxylic acids is 1. The smallest absolute Gasteiger partial charge is 0.392 e. The molecule has 1 aromatic carbocycles. The highest BCUT2D eigenvalue weighted by Crippen LogP contribution is 2.11. The fraction of sp³-hybridized carbons (Fsp3) is 0.273. The third kappa shape index (κ3) is 4.19. The zero-order valence-electron chi connectivity index (χ0n) is 9.96. The average molecular weight is 250 g/mol. The van der Waals surface area contributed by atoms with Crippen LogP contribution in [0.25, 0.3) is 0 Å². The Kier molecular flexibility index (Phi) is 4.88. The van der Waals surface area contributed by atoms with Crippen LogP contribution in [0.1, 0.15) is 5.56 Å². The molecular weight excluding hydrogens is 235 g/mol. The number of carboxylic acids is 1. The molecule has 1 amide bonds. The van der Waals surface area contributed by atoms with Crippen LogP contribution in [0.4, 0.5) is 10.5 Å². The second-order valence-electron chi connectivity index (χ2n) is 4.01. The summed E-state index contributed by atoms with van der Waals surface area (Å²) in [6, 6.07) is 5.68. The van der Waals surface area contributed by atoms with E-state index in [0.717, 1.165) is 5.56 Å².